The van der Waals surface area contributed by atoms with Crippen molar-refractivity contribution in [3.8, 4) is 5.75 Å². The molecular weight excluding hydrogens is 217 g/mol. The molecule has 1 N–H and O–H groups in total. The number of benzene rings is 1. The number of ether oxygens (including phenoxy) is 1. The molecule has 1 aromatic rings. The number of nitrogens with one attached hydrogen (secondary N) is 1. The Morgan fingerprint density at radius 2 is 2.18 bits per heavy atom. The van der Waals surface area contributed by atoms with Crippen LogP contribution >= 0.6 is 0 Å². The molecule has 1 aromatic carbocycles. The molecule has 0 aliphatic rings. The first-order valence-corrected chi connectivity index (χ1v) is 5.77. The molecular formula is C14H20FNO. The van der Waals surface area contributed by atoms with Gasteiger partial charge in [0.15, 0.2) is 0 Å². The highest BCUT2D eigenvalue weighted by atomic mass is 19.1. The molecule has 0 saturated carbocycles. The van der Waals surface area contributed by atoms with Crippen LogP contribution in [0.4, 0.5) is 4.39 Å². The second-order valence-electron chi connectivity index (χ2n) is 4.29. The highest BCUT2D eigenvalue weighted by Gasteiger charge is 2.09. The summed E-state index contributed by atoms with van der Waals surface area (Å²) in [6.07, 6.45) is 1.96. The van der Waals surface area contributed by atoms with Crippen molar-refractivity contribution >= 4 is 0 Å². The predicted octanol–water partition coefficient (Wildman–Crippen LogP) is 3.45. The smallest absolute Gasteiger partial charge is 0.131 e. The summed E-state index contributed by atoms with van der Waals surface area (Å²) < 4.78 is 19.2. The van der Waals surface area contributed by atoms with Crippen LogP contribution in [-0.2, 0) is 0 Å². The zero-order chi connectivity index (χ0) is 12.8. The zero-order valence-corrected chi connectivity index (χ0v) is 10.9. The molecule has 0 spiro atoms. The average molecular weight is 237 g/mol. The highest BCUT2D eigenvalue weighted by Crippen LogP contribution is 2.21. The fraction of sp³-hybridized carbons (Fsp3) is 0.429. The largest absolute Gasteiger partial charge is 0.489 e. The molecule has 0 fully saturated rings. The van der Waals surface area contributed by atoms with Gasteiger partial charge in [-0.3, -0.25) is 0 Å². The lowest BCUT2D eigenvalue weighted by molar-refractivity contribution is 0.359. The Labute approximate surface area is 102 Å². The fourth-order valence-corrected chi connectivity index (χ4v) is 1.41. The number of halogens is 1. The number of hydrogen-bond acceptors (Lipinski definition) is 2. The average Bonchev–Trinajstić information content (AvgIpc) is 2.28. The lowest BCUT2D eigenvalue weighted by Crippen LogP contribution is -2.13. The van der Waals surface area contributed by atoms with Crippen LogP contribution in [0, 0.1) is 5.82 Å². The topological polar surface area (TPSA) is 21.3 Å². The van der Waals surface area contributed by atoms with Crippen molar-refractivity contribution in [2.45, 2.75) is 26.8 Å². The van der Waals surface area contributed by atoms with Crippen molar-refractivity contribution in [3.63, 3.8) is 0 Å². The maximum absolute atomic E-state index is 13.7. The van der Waals surface area contributed by atoms with E-state index in [1.807, 2.05) is 33.9 Å². The monoisotopic (exact) mass is 237 g/mol. The summed E-state index contributed by atoms with van der Waals surface area (Å²) in [4.78, 5) is 0. The Balaban J connectivity index is 2.72. The predicted molar refractivity (Wildman–Crippen MR) is 68.8 cm³/mol. The van der Waals surface area contributed by atoms with Crippen LogP contribution in [0.1, 0.15) is 32.4 Å². The van der Waals surface area contributed by atoms with Gasteiger partial charge in [0, 0.05) is 17.7 Å². The summed E-state index contributed by atoms with van der Waals surface area (Å²) in [5, 5.41) is 3.01. The molecule has 94 valence electrons. The molecule has 0 bridgehead atoms. The van der Waals surface area contributed by atoms with Crippen LogP contribution in [0.25, 0.3) is 0 Å². The Kier molecular flexibility index (Phi) is 5.16. The van der Waals surface area contributed by atoms with E-state index >= 15 is 0 Å². The Morgan fingerprint density at radius 1 is 1.47 bits per heavy atom. The van der Waals surface area contributed by atoms with Crippen LogP contribution in [0.3, 0.4) is 0 Å². The van der Waals surface area contributed by atoms with E-state index in [4.69, 9.17) is 4.74 Å². The van der Waals surface area contributed by atoms with E-state index in [0.29, 0.717) is 17.9 Å². The molecule has 0 aliphatic heterocycles. The minimum Gasteiger partial charge on any atom is -0.489 e. The van der Waals surface area contributed by atoms with Crippen LogP contribution in [0.5, 0.6) is 5.75 Å². The first kappa shape index (κ1) is 13.7. The van der Waals surface area contributed by atoms with E-state index in [-0.39, 0.29) is 11.9 Å². The molecule has 17 heavy (non-hydrogen) atoms. The highest BCUT2D eigenvalue weighted by molar-refractivity contribution is 5.30. The van der Waals surface area contributed by atoms with Gasteiger partial charge < -0.3 is 10.1 Å². The quantitative estimate of drug-likeness (QED) is 0.792. The molecule has 1 unspecified atom stereocenters. The summed E-state index contributed by atoms with van der Waals surface area (Å²) in [5.41, 5.74) is 1.84. The van der Waals surface area contributed by atoms with E-state index in [0.717, 1.165) is 0 Å². The fourth-order valence-electron chi connectivity index (χ4n) is 1.41. The van der Waals surface area contributed by atoms with E-state index in [2.05, 4.69) is 5.32 Å². The Bertz CT molecular complexity index is 397. The Hall–Kier alpha value is -1.35. The molecule has 0 aliphatic carbocycles. The molecule has 0 aromatic heterocycles. The molecule has 1 rings (SSSR count). The third kappa shape index (κ3) is 4.19. The van der Waals surface area contributed by atoms with Gasteiger partial charge in [-0.25, -0.2) is 4.39 Å². The Morgan fingerprint density at radius 3 is 2.71 bits per heavy atom. The first-order valence-electron chi connectivity index (χ1n) is 5.77. The summed E-state index contributed by atoms with van der Waals surface area (Å²) in [7, 11) is 1.81. The van der Waals surface area contributed by atoms with Gasteiger partial charge in [0.2, 0.25) is 0 Å². The third-order valence-corrected chi connectivity index (χ3v) is 2.61. The van der Waals surface area contributed by atoms with Crippen molar-refractivity contribution in [1.82, 2.24) is 5.32 Å². The van der Waals surface area contributed by atoms with E-state index in [9.17, 15) is 4.39 Å². The van der Waals surface area contributed by atoms with E-state index in [1.165, 1.54) is 11.6 Å². The van der Waals surface area contributed by atoms with Crippen LogP contribution in [-0.4, -0.2) is 13.7 Å². The van der Waals surface area contributed by atoms with Gasteiger partial charge in [0.25, 0.3) is 0 Å². The molecule has 0 amide bonds. The van der Waals surface area contributed by atoms with Gasteiger partial charge >= 0.3 is 0 Å². The van der Waals surface area contributed by atoms with E-state index < -0.39 is 0 Å². The minimum absolute atomic E-state index is 0.00170. The second-order valence-corrected chi connectivity index (χ2v) is 4.29. The van der Waals surface area contributed by atoms with Crippen LogP contribution < -0.4 is 10.1 Å². The second kappa shape index (κ2) is 6.40. The van der Waals surface area contributed by atoms with Crippen molar-refractivity contribution in [1.29, 1.82) is 0 Å². The summed E-state index contributed by atoms with van der Waals surface area (Å²) in [6, 6.07) is 4.99. The van der Waals surface area contributed by atoms with Crippen molar-refractivity contribution in [2.24, 2.45) is 0 Å². The van der Waals surface area contributed by atoms with Gasteiger partial charge in [-0.2, -0.15) is 0 Å². The maximum atomic E-state index is 13.7. The molecule has 0 heterocycles. The van der Waals surface area contributed by atoms with Crippen LogP contribution in [0.2, 0.25) is 0 Å². The SMILES string of the molecule is CNC(C)c1ccc(OCC=C(C)C)cc1F. The molecule has 2 nitrogen and oxygen atoms in total. The van der Waals surface area contributed by atoms with Crippen molar-refractivity contribution in [2.75, 3.05) is 13.7 Å². The van der Waals surface area contributed by atoms with Gasteiger partial charge in [0.1, 0.15) is 18.2 Å². The number of hydrogen-bond donors (Lipinski definition) is 1. The lowest BCUT2D eigenvalue weighted by atomic mass is 10.1. The van der Waals surface area contributed by atoms with E-state index in [1.54, 1.807) is 12.1 Å². The van der Waals surface area contributed by atoms with Crippen LogP contribution in [0.15, 0.2) is 29.8 Å². The summed E-state index contributed by atoms with van der Waals surface area (Å²) in [6.45, 7) is 6.40. The maximum Gasteiger partial charge on any atom is 0.131 e. The van der Waals surface area contributed by atoms with Crippen molar-refractivity contribution < 1.29 is 9.13 Å². The molecule has 0 radical (unpaired) electrons. The van der Waals surface area contributed by atoms with Crippen molar-refractivity contribution in [3.05, 3.63) is 41.2 Å². The van der Waals surface area contributed by atoms with Gasteiger partial charge in [-0.1, -0.05) is 11.6 Å². The molecule has 3 heteroatoms. The normalized spacial score (nSPS) is 12.1. The summed E-state index contributed by atoms with van der Waals surface area (Å²) >= 11 is 0. The minimum atomic E-state index is -0.235. The standard InChI is InChI=1S/C14H20FNO/c1-10(2)7-8-17-12-5-6-13(11(3)16-4)14(15)9-12/h5-7,9,11,16H,8H2,1-4H3. The zero-order valence-electron chi connectivity index (χ0n) is 10.9. The lowest BCUT2D eigenvalue weighted by Gasteiger charge is -2.12. The van der Waals surface area contributed by atoms with Gasteiger partial charge in [-0.05, 0) is 40.0 Å². The molecule has 0 saturated heterocycles. The first-order chi connectivity index (χ1) is 8.04. The van der Waals surface area contributed by atoms with Gasteiger partial charge in [0.05, 0.1) is 0 Å². The third-order valence-electron chi connectivity index (χ3n) is 2.61. The van der Waals surface area contributed by atoms with Gasteiger partial charge in [-0.15, -0.1) is 0 Å². The number of rotatable bonds is 5. The number of allylic oxidation sites excluding steroid dienone is 1. The molecule has 1 atom stereocenters. The summed E-state index contributed by atoms with van der Waals surface area (Å²) in [5.74, 6) is 0.327.